The highest BCUT2D eigenvalue weighted by Crippen LogP contribution is 2.54. The third kappa shape index (κ3) is 2.97. The van der Waals surface area contributed by atoms with E-state index in [9.17, 15) is 0 Å². The van der Waals surface area contributed by atoms with E-state index >= 15 is 0 Å². The Kier molecular flexibility index (Phi) is 4.55. The van der Waals surface area contributed by atoms with E-state index in [1.54, 1.807) is 18.6 Å². The van der Waals surface area contributed by atoms with E-state index in [2.05, 4.69) is 31.8 Å². The van der Waals surface area contributed by atoms with Crippen LogP contribution in [0.15, 0.2) is 34.7 Å². The lowest BCUT2D eigenvalue weighted by molar-refractivity contribution is 0.547. The fourth-order valence-corrected chi connectivity index (χ4v) is 5.95. The molecule has 3 atom stereocenters. The molecular formula is C21H22ClN9S. The topological polar surface area (TPSA) is 136 Å². The van der Waals surface area contributed by atoms with Crippen LogP contribution in [0.25, 0.3) is 22.2 Å². The fraction of sp³-hybridized carbons (Fsp3) is 0.381. The molecule has 0 amide bonds. The van der Waals surface area contributed by atoms with E-state index in [0.717, 1.165) is 52.5 Å². The van der Waals surface area contributed by atoms with E-state index in [0.29, 0.717) is 34.2 Å². The highest BCUT2D eigenvalue weighted by molar-refractivity contribution is 7.99. The molecule has 0 aromatic carbocycles. The molecule has 2 fully saturated rings. The third-order valence-electron chi connectivity index (χ3n) is 6.73. The number of pyridine rings is 1. The van der Waals surface area contributed by atoms with Crippen molar-refractivity contribution in [1.82, 2.24) is 29.9 Å². The van der Waals surface area contributed by atoms with Gasteiger partial charge in [-0.3, -0.25) is 4.98 Å². The standard InChI is InChI=1S/C21H22ClN9S/c1-2-13-16(22)15-18(28-13)29-20(32-10-5-14-17(27-6-10)26-4-3-25-14)30-19(15)31-7-11-12(8-31)21(11,24)9-23/h3-6,11-12H,2,7-9,23-24H2,1H3,(H,28,29,30)/t11-,12+,21?. The SMILES string of the molecule is CCc1[nH]c2nc(Sc3cnc4nccnc4c3)nc(N3C[C@@H]4[C@H](C3)C4(N)CN)c2c1Cl. The molecule has 1 unspecified atom stereocenters. The van der Waals surface area contributed by atoms with Crippen LogP contribution >= 0.6 is 23.4 Å². The van der Waals surface area contributed by atoms with Crippen LogP contribution in [0.2, 0.25) is 5.02 Å². The number of aromatic amines is 1. The summed E-state index contributed by atoms with van der Waals surface area (Å²) in [5.74, 6) is 1.62. The summed E-state index contributed by atoms with van der Waals surface area (Å²) in [6, 6.07) is 1.95. The zero-order chi connectivity index (χ0) is 22.0. The van der Waals surface area contributed by atoms with E-state index in [4.69, 9.17) is 33.0 Å². The third-order valence-corrected chi connectivity index (χ3v) is 7.97. The molecule has 0 bridgehead atoms. The zero-order valence-corrected chi connectivity index (χ0v) is 19.0. The Bertz CT molecular complexity index is 1340. The molecule has 5 heterocycles. The number of nitrogens with zero attached hydrogens (tertiary/aromatic N) is 6. The van der Waals surface area contributed by atoms with Crippen molar-refractivity contribution in [2.24, 2.45) is 23.3 Å². The number of H-pyrrole nitrogens is 1. The summed E-state index contributed by atoms with van der Waals surface area (Å²) < 4.78 is 0. The monoisotopic (exact) mass is 467 g/mol. The van der Waals surface area contributed by atoms with Crippen molar-refractivity contribution in [2.45, 2.75) is 28.9 Å². The van der Waals surface area contributed by atoms with Crippen LogP contribution in [0, 0.1) is 11.8 Å². The van der Waals surface area contributed by atoms with Crippen molar-refractivity contribution < 1.29 is 0 Å². The average molecular weight is 468 g/mol. The molecule has 4 aromatic rings. The van der Waals surface area contributed by atoms with Gasteiger partial charge < -0.3 is 21.4 Å². The van der Waals surface area contributed by atoms with E-state index < -0.39 is 0 Å². The number of aromatic nitrogens is 6. The number of hydrogen-bond acceptors (Lipinski definition) is 9. The Hall–Kier alpha value is -2.53. The van der Waals surface area contributed by atoms with Crippen molar-refractivity contribution in [1.29, 1.82) is 0 Å². The molecule has 1 aliphatic carbocycles. The van der Waals surface area contributed by atoms with Gasteiger partial charge in [-0.1, -0.05) is 18.5 Å². The summed E-state index contributed by atoms with van der Waals surface area (Å²) in [5.41, 5.74) is 15.2. The number of aryl methyl sites for hydroxylation is 1. The highest BCUT2D eigenvalue weighted by Gasteiger charge is 2.65. The molecule has 9 nitrogen and oxygen atoms in total. The van der Waals surface area contributed by atoms with Gasteiger partial charge in [0.05, 0.1) is 10.4 Å². The Labute approximate surface area is 193 Å². The lowest BCUT2D eigenvalue weighted by Crippen LogP contribution is -2.43. The number of rotatable bonds is 5. The smallest absolute Gasteiger partial charge is 0.196 e. The zero-order valence-electron chi connectivity index (χ0n) is 17.4. The lowest BCUT2D eigenvalue weighted by atomic mass is 10.1. The molecule has 6 rings (SSSR count). The predicted molar refractivity (Wildman–Crippen MR) is 125 cm³/mol. The largest absolute Gasteiger partial charge is 0.355 e. The number of hydrogen-bond donors (Lipinski definition) is 3. The molecule has 5 N–H and O–H groups in total. The van der Waals surface area contributed by atoms with Gasteiger partial charge in [0, 0.05) is 66.2 Å². The van der Waals surface area contributed by atoms with Crippen molar-refractivity contribution in [2.75, 3.05) is 24.5 Å². The Morgan fingerprint density at radius 1 is 1.22 bits per heavy atom. The first kappa shape index (κ1) is 20.1. The molecule has 1 saturated heterocycles. The minimum atomic E-state index is -0.242. The average Bonchev–Trinajstić information content (AvgIpc) is 3.14. The fourth-order valence-electron chi connectivity index (χ4n) is 4.84. The molecule has 4 aromatic heterocycles. The van der Waals surface area contributed by atoms with Crippen molar-refractivity contribution in [3.05, 3.63) is 35.4 Å². The van der Waals surface area contributed by atoms with Crippen LogP contribution in [0.1, 0.15) is 12.6 Å². The second-order valence-corrected chi connectivity index (χ2v) is 9.85. The number of piperidine rings is 1. The Morgan fingerprint density at radius 2 is 2.00 bits per heavy atom. The van der Waals surface area contributed by atoms with Crippen LogP contribution in [0.4, 0.5) is 5.82 Å². The Balaban J connectivity index is 1.40. The molecule has 0 radical (unpaired) electrons. The lowest BCUT2D eigenvalue weighted by Gasteiger charge is -2.25. The molecule has 1 saturated carbocycles. The number of halogens is 1. The molecule has 164 valence electrons. The maximum Gasteiger partial charge on any atom is 0.196 e. The van der Waals surface area contributed by atoms with Gasteiger partial charge in [0.2, 0.25) is 0 Å². The molecule has 0 spiro atoms. The van der Waals surface area contributed by atoms with Gasteiger partial charge >= 0.3 is 0 Å². The van der Waals surface area contributed by atoms with Crippen molar-refractivity contribution in [3.63, 3.8) is 0 Å². The molecule has 11 heteroatoms. The van der Waals surface area contributed by atoms with Gasteiger partial charge in [-0.25, -0.2) is 19.9 Å². The predicted octanol–water partition coefficient (Wildman–Crippen LogP) is 2.39. The van der Waals surface area contributed by atoms with Gasteiger partial charge in [0.1, 0.15) is 17.0 Å². The van der Waals surface area contributed by atoms with Crippen LogP contribution < -0.4 is 16.4 Å². The minimum absolute atomic E-state index is 0.242. The van der Waals surface area contributed by atoms with Crippen LogP contribution in [-0.2, 0) is 6.42 Å². The van der Waals surface area contributed by atoms with Crippen LogP contribution in [0.3, 0.4) is 0 Å². The quantitative estimate of drug-likeness (QED) is 0.378. The first-order chi connectivity index (χ1) is 15.5. The normalized spacial score (nSPS) is 24.4. The van der Waals surface area contributed by atoms with Gasteiger partial charge in [0.15, 0.2) is 10.8 Å². The molecule has 1 aliphatic heterocycles. The summed E-state index contributed by atoms with van der Waals surface area (Å²) in [6.07, 6.45) is 5.84. The summed E-state index contributed by atoms with van der Waals surface area (Å²) >= 11 is 8.18. The van der Waals surface area contributed by atoms with Crippen molar-refractivity contribution >= 4 is 51.4 Å². The second kappa shape index (κ2) is 7.24. The summed E-state index contributed by atoms with van der Waals surface area (Å²) in [6.45, 7) is 4.23. The van der Waals surface area contributed by atoms with Gasteiger partial charge in [-0.15, -0.1) is 0 Å². The van der Waals surface area contributed by atoms with Gasteiger partial charge in [0.25, 0.3) is 0 Å². The first-order valence-electron chi connectivity index (χ1n) is 10.6. The van der Waals surface area contributed by atoms with Gasteiger partial charge in [-0.2, -0.15) is 0 Å². The van der Waals surface area contributed by atoms with E-state index in [-0.39, 0.29) is 5.54 Å². The number of anilines is 1. The van der Waals surface area contributed by atoms with Crippen LogP contribution in [0.5, 0.6) is 0 Å². The molecular weight excluding hydrogens is 446 g/mol. The number of fused-ring (bicyclic) bond motifs is 3. The van der Waals surface area contributed by atoms with Crippen molar-refractivity contribution in [3.8, 4) is 0 Å². The maximum absolute atomic E-state index is 6.74. The molecule has 32 heavy (non-hydrogen) atoms. The second-order valence-electron chi connectivity index (χ2n) is 8.43. The molecule has 2 aliphatic rings. The minimum Gasteiger partial charge on any atom is -0.355 e. The summed E-state index contributed by atoms with van der Waals surface area (Å²) in [5, 5.41) is 2.18. The first-order valence-corrected chi connectivity index (χ1v) is 11.8. The van der Waals surface area contributed by atoms with Gasteiger partial charge in [-0.05, 0) is 24.2 Å². The maximum atomic E-state index is 6.74. The van der Waals surface area contributed by atoms with Crippen LogP contribution in [-0.4, -0.2) is 55.1 Å². The summed E-state index contributed by atoms with van der Waals surface area (Å²) in [7, 11) is 0. The Morgan fingerprint density at radius 3 is 2.75 bits per heavy atom. The number of nitrogens with one attached hydrogen (secondary N) is 1. The number of nitrogens with two attached hydrogens (primary N) is 2. The summed E-state index contributed by atoms with van der Waals surface area (Å²) in [4.78, 5) is 29.2. The van der Waals surface area contributed by atoms with E-state index in [1.807, 2.05) is 6.07 Å². The highest BCUT2D eigenvalue weighted by atomic mass is 35.5. The van der Waals surface area contributed by atoms with E-state index in [1.165, 1.54) is 11.8 Å².